The number of rotatable bonds is 4. The van der Waals surface area contributed by atoms with Gasteiger partial charge in [0.05, 0.1) is 6.61 Å². The lowest BCUT2D eigenvalue weighted by atomic mass is 10.1. The Morgan fingerprint density at radius 3 is 2.67 bits per heavy atom. The Hall–Kier alpha value is -1.48. The molecule has 18 heavy (non-hydrogen) atoms. The third kappa shape index (κ3) is 3.26. The number of fused-ring (bicyclic) bond motifs is 1. The molecule has 1 aromatic heterocycles. The summed E-state index contributed by atoms with van der Waals surface area (Å²) in [6.45, 7) is 10.1. The first-order valence-corrected chi connectivity index (χ1v) is 6.47. The molecule has 3 nitrogen and oxygen atoms in total. The Morgan fingerprint density at radius 2 is 2.00 bits per heavy atom. The fraction of sp³-hybridized carbons (Fsp3) is 0.467. The first kappa shape index (κ1) is 13.0. The van der Waals surface area contributed by atoms with Crippen molar-refractivity contribution in [3.8, 4) is 5.75 Å². The second kappa shape index (κ2) is 5.02. The van der Waals surface area contributed by atoms with Gasteiger partial charge in [-0.2, -0.15) is 0 Å². The molecular formula is C15H22N2O. The van der Waals surface area contributed by atoms with Crippen LogP contribution in [-0.2, 0) is 6.54 Å². The predicted octanol–water partition coefficient (Wildman–Crippen LogP) is 3.45. The van der Waals surface area contributed by atoms with E-state index in [4.69, 9.17) is 4.74 Å². The summed E-state index contributed by atoms with van der Waals surface area (Å²) in [6.07, 6.45) is 0. The molecule has 2 N–H and O–H groups in total. The molecular weight excluding hydrogens is 224 g/mol. The number of H-pyrrole nitrogens is 1. The van der Waals surface area contributed by atoms with Crippen LogP contribution >= 0.6 is 0 Å². The molecule has 0 bridgehead atoms. The Balaban J connectivity index is 2.16. The van der Waals surface area contributed by atoms with E-state index in [1.54, 1.807) is 0 Å². The highest BCUT2D eigenvalue weighted by molar-refractivity contribution is 5.81. The summed E-state index contributed by atoms with van der Waals surface area (Å²) in [4.78, 5) is 3.42. The molecule has 1 heterocycles. The zero-order valence-electron chi connectivity index (χ0n) is 11.6. The van der Waals surface area contributed by atoms with Gasteiger partial charge in [-0.25, -0.2) is 0 Å². The van der Waals surface area contributed by atoms with Crippen molar-refractivity contribution in [2.75, 3.05) is 6.61 Å². The highest BCUT2D eigenvalue weighted by Gasteiger charge is 2.09. The lowest BCUT2D eigenvalue weighted by Crippen LogP contribution is -2.35. The van der Waals surface area contributed by atoms with Gasteiger partial charge in [-0.15, -0.1) is 0 Å². The zero-order chi connectivity index (χ0) is 13.2. The molecule has 0 radical (unpaired) electrons. The van der Waals surface area contributed by atoms with Crippen molar-refractivity contribution in [3.63, 3.8) is 0 Å². The van der Waals surface area contributed by atoms with Gasteiger partial charge < -0.3 is 15.0 Å². The standard InChI is InChI=1S/C15H22N2O/c1-5-18-13-6-7-14-11(9-13)8-12(17-14)10-16-15(2,3)4/h6-9,16-17H,5,10H2,1-4H3. The highest BCUT2D eigenvalue weighted by atomic mass is 16.5. The SMILES string of the molecule is CCOc1ccc2[nH]c(CNC(C)(C)C)cc2c1. The summed E-state index contributed by atoms with van der Waals surface area (Å²) < 4.78 is 5.51. The molecule has 0 saturated heterocycles. The fourth-order valence-electron chi connectivity index (χ4n) is 1.88. The minimum absolute atomic E-state index is 0.133. The van der Waals surface area contributed by atoms with Crippen LogP contribution in [0.4, 0.5) is 0 Å². The van der Waals surface area contributed by atoms with E-state index in [9.17, 15) is 0 Å². The van der Waals surface area contributed by atoms with Crippen molar-refractivity contribution in [1.82, 2.24) is 10.3 Å². The van der Waals surface area contributed by atoms with E-state index in [0.717, 1.165) is 17.8 Å². The molecule has 3 heteroatoms. The summed E-state index contributed by atoms with van der Waals surface area (Å²) in [6, 6.07) is 8.33. The van der Waals surface area contributed by atoms with Crippen molar-refractivity contribution < 1.29 is 4.74 Å². The van der Waals surface area contributed by atoms with Crippen molar-refractivity contribution >= 4 is 10.9 Å². The molecule has 0 fully saturated rings. The maximum atomic E-state index is 5.51. The number of aromatic amines is 1. The van der Waals surface area contributed by atoms with Gasteiger partial charge >= 0.3 is 0 Å². The zero-order valence-corrected chi connectivity index (χ0v) is 11.6. The topological polar surface area (TPSA) is 37.0 Å². The molecule has 0 aliphatic rings. The molecule has 2 rings (SSSR count). The van der Waals surface area contributed by atoms with Gasteiger partial charge in [0.25, 0.3) is 0 Å². The lowest BCUT2D eigenvalue weighted by Gasteiger charge is -2.19. The Labute approximate surface area is 109 Å². The Kier molecular flexibility index (Phi) is 3.62. The van der Waals surface area contributed by atoms with Gasteiger partial charge in [-0.3, -0.25) is 0 Å². The summed E-state index contributed by atoms with van der Waals surface area (Å²) in [7, 11) is 0. The van der Waals surface area contributed by atoms with Crippen molar-refractivity contribution in [2.24, 2.45) is 0 Å². The molecule has 0 saturated carbocycles. The predicted molar refractivity (Wildman–Crippen MR) is 76.1 cm³/mol. The highest BCUT2D eigenvalue weighted by Crippen LogP contribution is 2.21. The van der Waals surface area contributed by atoms with Crippen molar-refractivity contribution in [3.05, 3.63) is 30.0 Å². The van der Waals surface area contributed by atoms with Crippen LogP contribution < -0.4 is 10.1 Å². The van der Waals surface area contributed by atoms with Crippen molar-refractivity contribution in [2.45, 2.75) is 39.8 Å². The third-order valence-corrected chi connectivity index (χ3v) is 2.77. The van der Waals surface area contributed by atoms with Crippen LogP contribution in [0.2, 0.25) is 0 Å². The van der Waals surface area contributed by atoms with E-state index in [1.807, 2.05) is 13.0 Å². The molecule has 0 spiro atoms. The molecule has 98 valence electrons. The molecule has 0 amide bonds. The number of benzene rings is 1. The van der Waals surface area contributed by atoms with Crippen LogP contribution in [-0.4, -0.2) is 17.1 Å². The minimum Gasteiger partial charge on any atom is -0.494 e. The molecule has 0 unspecified atom stereocenters. The number of nitrogens with one attached hydrogen (secondary N) is 2. The van der Waals surface area contributed by atoms with E-state index < -0.39 is 0 Å². The number of hydrogen-bond acceptors (Lipinski definition) is 2. The molecule has 0 aliphatic heterocycles. The van der Waals surface area contributed by atoms with Gasteiger partial charge in [0.1, 0.15) is 5.75 Å². The number of hydrogen-bond donors (Lipinski definition) is 2. The molecule has 1 aromatic carbocycles. The summed E-state index contributed by atoms with van der Waals surface area (Å²) in [5.74, 6) is 0.930. The first-order valence-electron chi connectivity index (χ1n) is 6.47. The van der Waals surface area contributed by atoms with Crippen LogP contribution in [0.3, 0.4) is 0 Å². The summed E-state index contributed by atoms with van der Waals surface area (Å²) in [5.41, 5.74) is 2.49. The maximum absolute atomic E-state index is 5.51. The van der Waals surface area contributed by atoms with E-state index in [-0.39, 0.29) is 5.54 Å². The first-order chi connectivity index (χ1) is 8.48. The van der Waals surface area contributed by atoms with Crippen LogP contribution in [0.5, 0.6) is 5.75 Å². The quantitative estimate of drug-likeness (QED) is 0.867. The Morgan fingerprint density at radius 1 is 1.22 bits per heavy atom. The van der Waals surface area contributed by atoms with Gasteiger partial charge in [0.15, 0.2) is 0 Å². The van der Waals surface area contributed by atoms with Crippen molar-refractivity contribution in [1.29, 1.82) is 0 Å². The average molecular weight is 246 g/mol. The smallest absolute Gasteiger partial charge is 0.120 e. The van der Waals surface area contributed by atoms with E-state index in [2.05, 4.69) is 49.3 Å². The molecule has 2 aromatic rings. The van der Waals surface area contributed by atoms with Crippen LogP contribution in [0.25, 0.3) is 10.9 Å². The minimum atomic E-state index is 0.133. The summed E-state index contributed by atoms with van der Waals surface area (Å²) >= 11 is 0. The largest absolute Gasteiger partial charge is 0.494 e. The van der Waals surface area contributed by atoms with Gasteiger partial charge in [0.2, 0.25) is 0 Å². The lowest BCUT2D eigenvalue weighted by molar-refractivity contribution is 0.341. The number of ether oxygens (including phenoxy) is 1. The average Bonchev–Trinajstić information content (AvgIpc) is 2.68. The molecule has 0 atom stereocenters. The van der Waals surface area contributed by atoms with E-state index >= 15 is 0 Å². The Bertz CT molecular complexity index is 523. The van der Waals surface area contributed by atoms with E-state index in [0.29, 0.717) is 6.61 Å². The van der Waals surface area contributed by atoms with Gasteiger partial charge in [-0.05, 0) is 52.0 Å². The third-order valence-electron chi connectivity index (χ3n) is 2.77. The van der Waals surface area contributed by atoms with Crippen LogP contribution in [0.1, 0.15) is 33.4 Å². The van der Waals surface area contributed by atoms with Gasteiger partial charge in [0, 0.05) is 28.7 Å². The maximum Gasteiger partial charge on any atom is 0.120 e. The van der Waals surface area contributed by atoms with Crippen LogP contribution in [0.15, 0.2) is 24.3 Å². The van der Waals surface area contributed by atoms with Crippen LogP contribution in [0, 0.1) is 0 Å². The second-order valence-corrected chi connectivity index (χ2v) is 5.58. The summed E-state index contributed by atoms with van der Waals surface area (Å²) in [5, 5.41) is 4.68. The number of aromatic nitrogens is 1. The fourth-order valence-corrected chi connectivity index (χ4v) is 1.88. The van der Waals surface area contributed by atoms with Gasteiger partial charge in [-0.1, -0.05) is 0 Å². The monoisotopic (exact) mass is 246 g/mol. The second-order valence-electron chi connectivity index (χ2n) is 5.58. The normalized spacial score (nSPS) is 12.0. The molecule has 0 aliphatic carbocycles. The van der Waals surface area contributed by atoms with E-state index in [1.165, 1.54) is 11.1 Å².